The van der Waals surface area contributed by atoms with Gasteiger partial charge in [-0.3, -0.25) is 19.0 Å². The van der Waals surface area contributed by atoms with Gasteiger partial charge in [-0.2, -0.15) is 0 Å². The van der Waals surface area contributed by atoms with Gasteiger partial charge >= 0.3 is 11.1 Å². The number of halogens is 1. The van der Waals surface area contributed by atoms with E-state index in [1.807, 2.05) is 6.07 Å². The van der Waals surface area contributed by atoms with Crippen molar-refractivity contribution in [2.75, 3.05) is 0 Å². The van der Waals surface area contributed by atoms with Crippen LogP contribution in [0.1, 0.15) is 24.1 Å². The van der Waals surface area contributed by atoms with Crippen molar-refractivity contribution >= 4 is 32.9 Å². The molecule has 2 aromatic heterocycles. The lowest BCUT2D eigenvalue weighted by Gasteiger charge is -2.31. The standard InChI is InChI=1S/C14H12BrN7O3/c15-7-3-6-1-2-9(11(12(16)23)22-18-5-17-20-22)21-10(6)8(4-7)19-13(24)14(21)25/h3-5,9,11H,1-2H2,(H2,16,23)(H,19,24). The van der Waals surface area contributed by atoms with Gasteiger partial charge in [0.05, 0.1) is 17.1 Å². The first-order valence-electron chi connectivity index (χ1n) is 7.46. The monoisotopic (exact) mass is 405 g/mol. The van der Waals surface area contributed by atoms with E-state index < -0.39 is 29.1 Å². The first-order valence-corrected chi connectivity index (χ1v) is 8.25. The zero-order chi connectivity index (χ0) is 17.7. The van der Waals surface area contributed by atoms with E-state index in [1.54, 1.807) is 6.07 Å². The van der Waals surface area contributed by atoms with Crippen LogP contribution in [0.25, 0.3) is 11.0 Å². The van der Waals surface area contributed by atoms with Gasteiger partial charge in [-0.25, -0.2) is 0 Å². The zero-order valence-corrected chi connectivity index (χ0v) is 14.3. The summed E-state index contributed by atoms with van der Waals surface area (Å²) in [5, 5.41) is 11.2. The Bertz CT molecular complexity index is 1100. The number of carbonyl (C=O) groups excluding carboxylic acids is 1. The Morgan fingerprint density at radius 3 is 2.88 bits per heavy atom. The minimum atomic E-state index is -1.03. The summed E-state index contributed by atoms with van der Waals surface area (Å²) in [4.78, 5) is 40.4. The summed E-state index contributed by atoms with van der Waals surface area (Å²) in [6.45, 7) is 0. The number of hydrogen-bond acceptors (Lipinski definition) is 6. The van der Waals surface area contributed by atoms with Crippen molar-refractivity contribution in [3.05, 3.63) is 49.2 Å². The molecule has 4 rings (SSSR count). The highest BCUT2D eigenvalue weighted by Gasteiger charge is 2.36. The van der Waals surface area contributed by atoms with E-state index in [0.29, 0.717) is 23.9 Å². The summed E-state index contributed by atoms with van der Waals surface area (Å²) in [6.07, 6.45) is 2.21. The summed E-state index contributed by atoms with van der Waals surface area (Å²) in [5.41, 5.74) is 6.01. The fourth-order valence-corrected chi connectivity index (χ4v) is 3.93. The first kappa shape index (κ1) is 15.7. The molecule has 11 heteroatoms. The number of primary amides is 1. The predicted octanol–water partition coefficient (Wildman–Crippen LogP) is -0.347. The maximum absolute atomic E-state index is 12.6. The number of tetrazole rings is 1. The first-order chi connectivity index (χ1) is 12.0. The topological polar surface area (TPSA) is 142 Å². The lowest BCUT2D eigenvalue weighted by molar-refractivity contribution is -0.123. The van der Waals surface area contributed by atoms with Crippen LogP contribution < -0.4 is 16.9 Å². The molecule has 0 aliphatic carbocycles. The molecule has 3 N–H and O–H groups in total. The predicted molar refractivity (Wildman–Crippen MR) is 89.9 cm³/mol. The SMILES string of the molecule is NC(=O)C(C1CCc2cc(Br)cc3[nH]c(=O)c(=O)n1c23)n1ncnn1. The number of nitrogens with zero attached hydrogens (tertiary/aromatic N) is 5. The minimum Gasteiger partial charge on any atom is -0.368 e. The van der Waals surface area contributed by atoms with Crippen LogP contribution in [0, 0.1) is 0 Å². The van der Waals surface area contributed by atoms with Gasteiger partial charge in [-0.1, -0.05) is 15.9 Å². The lowest BCUT2D eigenvalue weighted by atomic mass is 9.93. The normalized spacial score (nSPS) is 17.6. The van der Waals surface area contributed by atoms with Crippen molar-refractivity contribution in [2.24, 2.45) is 5.73 Å². The number of aromatic amines is 1. The van der Waals surface area contributed by atoms with Crippen molar-refractivity contribution in [2.45, 2.75) is 24.9 Å². The third kappa shape index (κ3) is 2.38. The van der Waals surface area contributed by atoms with Crippen LogP contribution in [0.3, 0.4) is 0 Å². The Hall–Kier alpha value is -2.82. The van der Waals surface area contributed by atoms with Crippen LogP contribution in [0.15, 0.2) is 32.5 Å². The Balaban J connectivity index is 2.04. The smallest absolute Gasteiger partial charge is 0.317 e. The van der Waals surface area contributed by atoms with Crippen molar-refractivity contribution in [1.82, 2.24) is 29.8 Å². The molecule has 3 heterocycles. The van der Waals surface area contributed by atoms with Crippen molar-refractivity contribution in [1.29, 1.82) is 0 Å². The molecule has 1 amide bonds. The number of amides is 1. The van der Waals surface area contributed by atoms with E-state index in [2.05, 4.69) is 36.3 Å². The fourth-order valence-electron chi connectivity index (χ4n) is 3.42. The van der Waals surface area contributed by atoms with E-state index in [-0.39, 0.29) is 0 Å². The number of rotatable bonds is 3. The number of benzene rings is 1. The zero-order valence-electron chi connectivity index (χ0n) is 12.7. The highest BCUT2D eigenvalue weighted by atomic mass is 79.9. The third-order valence-electron chi connectivity index (χ3n) is 4.37. The number of hydrogen-bond donors (Lipinski definition) is 2. The molecule has 1 aliphatic heterocycles. The number of nitrogens with two attached hydrogens (primary N) is 1. The number of nitrogens with one attached hydrogen (secondary N) is 1. The van der Waals surface area contributed by atoms with Crippen LogP contribution >= 0.6 is 15.9 Å². The summed E-state index contributed by atoms with van der Waals surface area (Å²) in [7, 11) is 0. The van der Waals surface area contributed by atoms with E-state index in [1.165, 1.54) is 10.9 Å². The van der Waals surface area contributed by atoms with Gasteiger partial charge in [0.15, 0.2) is 12.4 Å². The highest BCUT2D eigenvalue weighted by molar-refractivity contribution is 9.10. The van der Waals surface area contributed by atoms with Crippen LogP contribution in [-0.2, 0) is 11.2 Å². The fraction of sp³-hybridized carbons (Fsp3) is 0.286. The molecule has 1 aliphatic rings. The molecular weight excluding hydrogens is 394 g/mol. The molecule has 2 unspecified atom stereocenters. The summed E-state index contributed by atoms with van der Waals surface area (Å²) in [6, 6.07) is 1.89. The minimum absolute atomic E-state index is 0.428. The average molecular weight is 406 g/mol. The Labute approximate surface area is 147 Å². The van der Waals surface area contributed by atoms with E-state index >= 15 is 0 Å². The summed E-state index contributed by atoms with van der Waals surface area (Å²) in [5.74, 6) is -0.705. The van der Waals surface area contributed by atoms with E-state index in [4.69, 9.17) is 5.73 Å². The van der Waals surface area contributed by atoms with Crippen LogP contribution in [-0.4, -0.2) is 35.7 Å². The number of H-pyrrole nitrogens is 1. The molecule has 0 saturated heterocycles. The molecule has 1 aromatic carbocycles. The molecule has 25 heavy (non-hydrogen) atoms. The molecule has 128 valence electrons. The Kier molecular flexibility index (Phi) is 3.53. The molecule has 0 saturated carbocycles. The van der Waals surface area contributed by atoms with Crippen molar-refractivity contribution in [3.8, 4) is 0 Å². The molecule has 2 atom stereocenters. The van der Waals surface area contributed by atoms with Gasteiger partial charge < -0.3 is 10.7 Å². The molecule has 0 fully saturated rings. The molecule has 3 aromatic rings. The van der Waals surface area contributed by atoms with Crippen LogP contribution in [0.5, 0.6) is 0 Å². The Morgan fingerprint density at radius 2 is 2.20 bits per heavy atom. The molecular formula is C14H12BrN7O3. The van der Waals surface area contributed by atoms with Gasteiger partial charge in [0, 0.05) is 4.47 Å². The second-order valence-corrected chi connectivity index (χ2v) is 6.72. The second-order valence-electron chi connectivity index (χ2n) is 5.80. The van der Waals surface area contributed by atoms with Gasteiger partial charge in [-0.15, -0.1) is 15.0 Å². The quantitative estimate of drug-likeness (QED) is 0.570. The molecule has 10 nitrogen and oxygen atoms in total. The largest absolute Gasteiger partial charge is 0.368 e. The Morgan fingerprint density at radius 1 is 1.40 bits per heavy atom. The maximum atomic E-state index is 12.6. The van der Waals surface area contributed by atoms with Gasteiger partial charge in [0.25, 0.3) is 0 Å². The molecule has 0 bridgehead atoms. The van der Waals surface area contributed by atoms with Crippen LogP contribution in [0.4, 0.5) is 0 Å². The van der Waals surface area contributed by atoms with Crippen molar-refractivity contribution in [3.63, 3.8) is 0 Å². The third-order valence-corrected chi connectivity index (χ3v) is 4.82. The summed E-state index contributed by atoms with van der Waals surface area (Å²) < 4.78 is 2.12. The van der Waals surface area contributed by atoms with Crippen molar-refractivity contribution < 1.29 is 4.79 Å². The number of aromatic nitrogens is 6. The molecule has 0 radical (unpaired) electrons. The molecule has 0 spiro atoms. The van der Waals surface area contributed by atoms with E-state index in [9.17, 15) is 14.4 Å². The number of aryl methyl sites for hydroxylation is 1. The lowest BCUT2D eigenvalue weighted by Crippen LogP contribution is -2.45. The van der Waals surface area contributed by atoms with Gasteiger partial charge in [-0.05, 0) is 35.8 Å². The second kappa shape index (κ2) is 5.62. The van der Waals surface area contributed by atoms with E-state index in [0.717, 1.165) is 14.8 Å². The number of carbonyl (C=O) groups is 1. The summed E-state index contributed by atoms with van der Waals surface area (Å²) >= 11 is 3.40. The highest BCUT2D eigenvalue weighted by Crippen LogP contribution is 2.35. The van der Waals surface area contributed by atoms with Gasteiger partial charge in [0.2, 0.25) is 5.91 Å². The van der Waals surface area contributed by atoms with Gasteiger partial charge in [0.1, 0.15) is 0 Å². The maximum Gasteiger partial charge on any atom is 0.317 e. The van der Waals surface area contributed by atoms with Crippen LogP contribution in [0.2, 0.25) is 0 Å². The average Bonchev–Trinajstić information content (AvgIpc) is 3.06.